The molecule has 258 valence electrons. The summed E-state index contributed by atoms with van der Waals surface area (Å²) in [5.41, 5.74) is 6.44. The maximum Gasteiger partial charge on any atom is 0.229 e. The van der Waals surface area contributed by atoms with E-state index in [1.165, 1.54) is 38.5 Å². The van der Waals surface area contributed by atoms with Crippen molar-refractivity contribution in [2.75, 3.05) is 55.0 Å². The lowest BCUT2D eigenvalue weighted by atomic mass is 9.49. The smallest absolute Gasteiger partial charge is 0.229 e. The second-order valence-electron chi connectivity index (χ2n) is 15.4. The number of amides is 1. The molecule has 2 aliphatic heterocycles. The molecule has 5 fully saturated rings. The number of aromatic nitrogens is 4. The average Bonchev–Trinajstić information content (AvgIpc) is 3.67. The lowest BCUT2D eigenvalue weighted by molar-refractivity contribution is -0.139. The maximum atomic E-state index is 13.6. The summed E-state index contributed by atoms with van der Waals surface area (Å²) in [7, 11) is 1.70. The lowest BCUT2D eigenvalue weighted by Crippen LogP contribution is -2.52. The van der Waals surface area contributed by atoms with Crippen molar-refractivity contribution in [1.82, 2.24) is 24.4 Å². The standard InChI is InChI=1S/C40H46N8O2/c1-27-8-10-48(33-5-3-4-31(19-33)47-11-9-41-26-47)38-34(27)25-42-39(44-38)43-35-7-6-32(20-36(35)50-2)45-12-14-46(15-13-45)37(49)24-40-21-28-16-29(22-40)18-30(17-28)23-40/h3-9,11,19-20,25-26,28-30H,10,12-18,21-24H2,1-2H3,(H,42,43,44). The van der Waals surface area contributed by atoms with E-state index in [1.807, 2.05) is 23.0 Å². The molecule has 4 bridgehead atoms. The molecular formula is C40H46N8O2. The quantitative estimate of drug-likeness (QED) is 0.210. The molecule has 4 heterocycles. The second-order valence-corrected chi connectivity index (χ2v) is 15.4. The van der Waals surface area contributed by atoms with E-state index in [4.69, 9.17) is 14.7 Å². The van der Waals surface area contributed by atoms with Crippen molar-refractivity contribution >= 4 is 40.3 Å². The van der Waals surface area contributed by atoms with Gasteiger partial charge in [0.05, 0.1) is 19.1 Å². The Morgan fingerprint density at radius 1 is 0.960 bits per heavy atom. The van der Waals surface area contributed by atoms with E-state index in [-0.39, 0.29) is 0 Å². The highest BCUT2D eigenvalue weighted by molar-refractivity contribution is 5.82. The van der Waals surface area contributed by atoms with Crippen LogP contribution in [0.1, 0.15) is 57.4 Å². The van der Waals surface area contributed by atoms with Gasteiger partial charge in [0.15, 0.2) is 0 Å². The number of anilines is 5. The van der Waals surface area contributed by atoms with Crippen molar-refractivity contribution in [3.63, 3.8) is 0 Å². The summed E-state index contributed by atoms with van der Waals surface area (Å²) in [4.78, 5) is 34.2. The summed E-state index contributed by atoms with van der Waals surface area (Å²) in [6.07, 6.45) is 18.5. The Hall–Kier alpha value is -4.86. The van der Waals surface area contributed by atoms with Gasteiger partial charge >= 0.3 is 0 Å². The monoisotopic (exact) mass is 670 g/mol. The number of carbonyl (C=O) groups excluding carboxylic acids is 1. The van der Waals surface area contributed by atoms with E-state index in [0.29, 0.717) is 23.8 Å². The van der Waals surface area contributed by atoms with Gasteiger partial charge in [-0.25, -0.2) is 9.97 Å². The van der Waals surface area contributed by atoms with Crippen molar-refractivity contribution in [3.8, 4) is 11.4 Å². The first-order chi connectivity index (χ1) is 24.4. The fourth-order valence-corrected chi connectivity index (χ4v) is 10.1. The Morgan fingerprint density at radius 2 is 1.72 bits per heavy atom. The van der Waals surface area contributed by atoms with Crippen LogP contribution in [0.3, 0.4) is 0 Å². The number of nitrogens with zero attached hydrogens (tertiary/aromatic N) is 7. The van der Waals surface area contributed by atoms with E-state index < -0.39 is 0 Å². The van der Waals surface area contributed by atoms with Gasteiger partial charge in [-0.1, -0.05) is 12.1 Å². The Kier molecular flexibility index (Phi) is 7.77. The van der Waals surface area contributed by atoms with Gasteiger partial charge in [0.25, 0.3) is 0 Å². The number of rotatable bonds is 8. The fourth-order valence-electron chi connectivity index (χ4n) is 10.1. The third kappa shape index (κ3) is 5.78. The summed E-state index contributed by atoms with van der Waals surface area (Å²) in [5.74, 6) is 5.11. The Morgan fingerprint density at radius 3 is 2.44 bits per heavy atom. The van der Waals surface area contributed by atoms with Gasteiger partial charge in [-0.3, -0.25) is 4.79 Å². The minimum atomic E-state index is 0.292. The number of carbonyl (C=O) groups is 1. The number of allylic oxidation sites excluding steroid dienone is 1. The van der Waals surface area contributed by atoms with Crippen LogP contribution in [0.25, 0.3) is 11.3 Å². The maximum absolute atomic E-state index is 13.6. The first-order valence-corrected chi connectivity index (χ1v) is 18.3. The van der Waals surface area contributed by atoms with Gasteiger partial charge in [0.2, 0.25) is 11.9 Å². The molecule has 0 unspecified atom stereocenters. The summed E-state index contributed by atoms with van der Waals surface area (Å²) < 4.78 is 7.88. The first kappa shape index (κ1) is 31.1. The zero-order chi connectivity index (χ0) is 33.8. The van der Waals surface area contributed by atoms with Crippen LogP contribution in [0.5, 0.6) is 5.75 Å². The van der Waals surface area contributed by atoms with Gasteiger partial charge in [-0.15, -0.1) is 0 Å². The van der Waals surface area contributed by atoms with Crippen LogP contribution in [0.15, 0.2) is 73.5 Å². The van der Waals surface area contributed by atoms with Gasteiger partial charge in [-0.2, -0.15) is 4.98 Å². The number of hydrogen-bond acceptors (Lipinski definition) is 8. The van der Waals surface area contributed by atoms with Crippen molar-refractivity contribution in [2.24, 2.45) is 23.2 Å². The van der Waals surface area contributed by atoms with Crippen LogP contribution in [0, 0.1) is 23.2 Å². The molecule has 1 N–H and O–H groups in total. The van der Waals surface area contributed by atoms with Crippen LogP contribution in [0.4, 0.5) is 28.8 Å². The van der Waals surface area contributed by atoms with E-state index in [9.17, 15) is 4.79 Å². The molecule has 0 spiro atoms. The van der Waals surface area contributed by atoms with E-state index in [1.54, 1.807) is 19.6 Å². The van der Waals surface area contributed by atoms with Crippen LogP contribution >= 0.6 is 0 Å². The molecule has 2 aromatic heterocycles. The molecule has 10 nitrogen and oxygen atoms in total. The molecule has 10 rings (SSSR count). The number of fused-ring (bicyclic) bond motifs is 1. The molecule has 4 saturated carbocycles. The highest BCUT2D eigenvalue weighted by atomic mass is 16.5. The number of hydrogen-bond donors (Lipinski definition) is 1. The zero-order valence-electron chi connectivity index (χ0n) is 29.1. The number of benzene rings is 2. The topological polar surface area (TPSA) is 91.6 Å². The summed E-state index contributed by atoms with van der Waals surface area (Å²) in [6, 6.07) is 14.6. The highest BCUT2D eigenvalue weighted by Gasteiger charge is 2.51. The summed E-state index contributed by atoms with van der Waals surface area (Å²) >= 11 is 0. The van der Waals surface area contributed by atoms with E-state index >= 15 is 0 Å². The van der Waals surface area contributed by atoms with Gasteiger partial charge in [0.1, 0.15) is 11.6 Å². The largest absolute Gasteiger partial charge is 0.494 e. The predicted octanol–water partition coefficient (Wildman–Crippen LogP) is 7.22. The van der Waals surface area contributed by atoms with Crippen LogP contribution in [-0.4, -0.2) is 70.2 Å². The minimum Gasteiger partial charge on any atom is -0.494 e. The minimum absolute atomic E-state index is 0.292. The van der Waals surface area contributed by atoms with Crippen molar-refractivity contribution < 1.29 is 9.53 Å². The van der Waals surface area contributed by atoms with E-state index in [2.05, 4.69) is 74.4 Å². The van der Waals surface area contributed by atoms with Crippen LogP contribution in [0.2, 0.25) is 0 Å². The van der Waals surface area contributed by atoms with Gasteiger partial charge in [0, 0.05) is 86.4 Å². The summed E-state index contributed by atoms with van der Waals surface area (Å²) in [5, 5.41) is 3.43. The lowest BCUT2D eigenvalue weighted by Gasteiger charge is -2.57. The molecule has 2 aromatic carbocycles. The predicted molar refractivity (Wildman–Crippen MR) is 197 cm³/mol. The number of ether oxygens (including phenoxy) is 1. The molecular weight excluding hydrogens is 624 g/mol. The molecule has 4 aliphatic carbocycles. The van der Waals surface area contributed by atoms with Crippen molar-refractivity contribution in [3.05, 3.63) is 79.0 Å². The molecule has 1 saturated heterocycles. The third-order valence-corrected chi connectivity index (χ3v) is 12.1. The van der Waals surface area contributed by atoms with Gasteiger partial charge in [-0.05, 0) is 105 Å². The van der Waals surface area contributed by atoms with Gasteiger partial charge < -0.3 is 29.3 Å². The molecule has 10 heteroatoms. The molecule has 6 aliphatic rings. The fraction of sp³-hybridized carbons (Fsp3) is 0.450. The second kappa shape index (κ2) is 12.5. The Balaban J connectivity index is 0.878. The zero-order valence-corrected chi connectivity index (χ0v) is 29.1. The first-order valence-electron chi connectivity index (χ1n) is 18.3. The number of nitrogens with one attached hydrogen (secondary N) is 1. The third-order valence-electron chi connectivity index (χ3n) is 12.1. The molecule has 1 amide bonds. The molecule has 0 atom stereocenters. The Labute approximate surface area is 294 Å². The number of methoxy groups -OCH3 is 1. The summed E-state index contributed by atoms with van der Waals surface area (Å²) in [6.45, 7) is 6.00. The number of imidazole rings is 1. The highest BCUT2D eigenvalue weighted by Crippen LogP contribution is 2.61. The molecule has 0 radical (unpaired) electrons. The Bertz CT molecular complexity index is 1890. The van der Waals surface area contributed by atoms with Crippen molar-refractivity contribution in [1.29, 1.82) is 0 Å². The molecule has 50 heavy (non-hydrogen) atoms. The average molecular weight is 671 g/mol. The molecule has 4 aromatic rings. The van der Waals surface area contributed by atoms with E-state index in [0.717, 1.165) is 95.8 Å². The normalized spacial score (nSPS) is 25.4. The van der Waals surface area contributed by atoms with Crippen molar-refractivity contribution in [2.45, 2.75) is 51.9 Å². The number of piperazine rings is 1. The SMILES string of the molecule is COc1cc(N2CCN(C(=O)CC34CC5CC(CC(C5)C3)C4)CC2)ccc1Nc1ncc2c(n1)N(c1cccc(-n3ccnc3)c1)CC=C2C. The van der Waals surface area contributed by atoms with Crippen LogP contribution in [-0.2, 0) is 4.79 Å². The van der Waals surface area contributed by atoms with Crippen LogP contribution < -0.4 is 19.9 Å².